The second kappa shape index (κ2) is 6.52. The molecule has 104 valence electrons. The summed E-state index contributed by atoms with van der Waals surface area (Å²) in [5.74, 6) is 0.815. The van der Waals surface area contributed by atoms with Crippen molar-refractivity contribution < 1.29 is 4.79 Å². The number of piperazine rings is 1. The van der Waals surface area contributed by atoms with E-state index >= 15 is 0 Å². The summed E-state index contributed by atoms with van der Waals surface area (Å²) in [6.45, 7) is 6.40. The molecule has 2 heterocycles. The maximum absolute atomic E-state index is 12.3. The van der Waals surface area contributed by atoms with Gasteiger partial charge in [-0.25, -0.2) is 4.98 Å². The van der Waals surface area contributed by atoms with Gasteiger partial charge in [-0.15, -0.1) is 0 Å². The largest absolute Gasteiger partial charge is 0.370 e. The zero-order valence-electron chi connectivity index (χ0n) is 11.7. The van der Waals surface area contributed by atoms with E-state index in [1.54, 1.807) is 6.07 Å². The minimum atomic E-state index is 0.0354. The molecular weight excluding hydrogens is 240 g/mol. The van der Waals surface area contributed by atoms with Crippen LogP contribution < -0.4 is 5.32 Å². The van der Waals surface area contributed by atoms with Crippen LogP contribution >= 0.6 is 0 Å². The van der Waals surface area contributed by atoms with Crippen molar-refractivity contribution in [2.45, 2.75) is 13.3 Å². The monoisotopic (exact) mass is 262 g/mol. The summed E-state index contributed by atoms with van der Waals surface area (Å²) < 4.78 is 0. The smallest absolute Gasteiger partial charge is 0.272 e. The molecular formula is C14H22N4O. The first-order valence-corrected chi connectivity index (χ1v) is 6.89. The first kappa shape index (κ1) is 13.8. The second-order valence-corrected chi connectivity index (χ2v) is 4.93. The summed E-state index contributed by atoms with van der Waals surface area (Å²) >= 11 is 0. The van der Waals surface area contributed by atoms with Crippen molar-refractivity contribution in [3.05, 3.63) is 23.9 Å². The van der Waals surface area contributed by atoms with Crippen molar-refractivity contribution in [1.82, 2.24) is 14.8 Å². The lowest BCUT2D eigenvalue weighted by Gasteiger charge is -2.32. The Morgan fingerprint density at radius 1 is 1.32 bits per heavy atom. The number of likely N-dealkylation sites (N-methyl/N-ethyl adjacent to an activating group) is 1. The van der Waals surface area contributed by atoms with E-state index in [1.807, 2.05) is 17.0 Å². The summed E-state index contributed by atoms with van der Waals surface area (Å²) in [4.78, 5) is 20.9. The van der Waals surface area contributed by atoms with Crippen LogP contribution in [0.5, 0.6) is 0 Å². The number of amides is 1. The van der Waals surface area contributed by atoms with E-state index in [0.29, 0.717) is 5.69 Å². The highest BCUT2D eigenvalue weighted by molar-refractivity contribution is 5.92. The van der Waals surface area contributed by atoms with Gasteiger partial charge in [-0.2, -0.15) is 0 Å². The number of carbonyl (C=O) groups excluding carboxylic acids is 1. The Bertz CT molecular complexity index is 427. The number of rotatable bonds is 4. The highest BCUT2D eigenvalue weighted by Crippen LogP contribution is 2.09. The van der Waals surface area contributed by atoms with Crippen LogP contribution in [0.3, 0.4) is 0 Å². The molecule has 1 aliphatic rings. The van der Waals surface area contributed by atoms with E-state index in [4.69, 9.17) is 0 Å². The predicted molar refractivity (Wildman–Crippen MR) is 76.4 cm³/mol. The van der Waals surface area contributed by atoms with E-state index in [9.17, 15) is 4.79 Å². The molecule has 1 amide bonds. The van der Waals surface area contributed by atoms with Gasteiger partial charge in [-0.05, 0) is 25.6 Å². The lowest BCUT2D eigenvalue weighted by molar-refractivity contribution is 0.0658. The summed E-state index contributed by atoms with van der Waals surface area (Å²) in [7, 11) is 2.08. The number of hydrogen-bond acceptors (Lipinski definition) is 4. The average Bonchev–Trinajstić information content (AvgIpc) is 2.45. The van der Waals surface area contributed by atoms with E-state index in [-0.39, 0.29) is 5.91 Å². The number of nitrogens with one attached hydrogen (secondary N) is 1. The van der Waals surface area contributed by atoms with Crippen molar-refractivity contribution in [3.8, 4) is 0 Å². The summed E-state index contributed by atoms with van der Waals surface area (Å²) in [5.41, 5.74) is 0.533. The molecule has 1 aromatic rings. The Morgan fingerprint density at radius 2 is 2.05 bits per heavy atom. The molecule has 0 spiro atoms. The van der Waals surface area contributed by atoms with Gasteiger partial charge in [0.25, 0.3) is 5.91 Å². The number of hydrogen-bond donors (Lipinski definition) is 1. The van der Waals surface area contributed by atoms with Crippen molar-refractivity contribution >= 4 is 11.7 Å². The van der Waals surface area contributed by atoms with Crippen LogP contribution in [-0.2, 0) is 0 Å². The Labute approximate surface area is 114 Å². The predicted octanol–water partition coefficient (Wildman–Crippen LogP) is 1.29. The number of anilines is 1. The van der Waals surface area contributed by atoms with Gasteiger partial charge in [-0.1, -0.05) is 13.0 Å². The van der Waals surface area contributed by atoms with Gasteiger partial charge in [0.2, 0.25) is 0 Å². The third kappa shape index (κ3) is 3.67. The van der Waals surface area contributed by atoms with Gasteiger partial charge in [0.05, 0.1) is 0 Å². The molecule has 1 aliphatic heterocycles. The van der Waals surface area contributed by atoms with E-state index in [2.05, 4.69) is 29.2 Å². The minimum absolute atomic E-state index is 0.0354. The van der Waals surface area contributed by atoms with Gasteiger partial charge in [0.1, 0.15) is 11.5 Å². The Kier molecular flexibility index (Phi) is 4.74. The number of aromatic nitrogens is 1. The maximum atomic E-state index is 12.3. The van der Waals surface area contributed by atoms with Crippen LogP contribution in [0.15, 0.2) is 18.2 Å². The highest BCUT2D eigenvalue weighted by Gasteiger charge is 2.21. The molecule has 5 nitrogen and oxygen atoms in total. The van der Waals surface area contributed by atoms with Crippen molar-refractivity contribution in [3.63, 3.8) is 0 Å². The molecule has 0 unspecified atom stereocenters. The van der Waals surface area contributed by atoms with Gasteiger partial charge in [-0.3, -0.25) is 4.79 Å². The highest BCUT2D eigenvalue weighted by atomic mass is 16.2. The van der Waals surface area contributed by atoms with Crippen LogP contribution in [0.4, 0.5) is 5.82 Å². The standard InChI is InChI=1S/C14H22N4O/c1-3-7-15-13-6-4-5-12(16-13)14(19)18-10-8-17(2)9-11-18/h4-6H,3,7-11H2,1-2H3,(H,15,16). The topological polar surface area (TPSA) is 48.5 Å². The lowest BCUT2D eigenvalue weighted by Crippen LogP contribution is -2.47. The van der Waals surface area contributed by atoms with Crippen molar-refractivity contribution in [2.24, 2.45) is 0 Å². The second-order valence-electron chi connectivity index (χ2n) is 4.93. The van der Waals surface area contributed by atoms with Gasteiger partial charge >= 0.3 is 0 Å². The first-order chi connectivity index (χ1) is 9.20. The third-order valence-electron chi connectivity index (χ3n) is 3.31. The SMILES string of the molecule is CCCNc1cccc(C(=O)N2CCN(C)CC2)n1. The normalized spacial score (nSPS) is 16.4. The molecule has 0 radical (unpaired) electrons. The van der Waals surface area contributed by atoms with Gasteiger partial charge in [0.15, 0.2) is 0 Å². The molecule has 1 aromatic heterocycles. The van der Waals surface area contributed by atoms with Crippen LogP contribution in [0, 0.1) is 0 Å². The molecule has 0 saturated carbocycles. The third-order valence-corrected chi connectivity index (χ3v) is 3.31. The Hall–Kier alpha value is -1.62. The Morgan fingerprint density at radius 3 is 2.74 bits per heavy atom. The van der Waals surface area contributed by atoms with Gasteiger partial charge in [0, 0.05) is 32.7 Å². The molecule has 1 N–H and O–H groups in total. The van der Waals surface area contributed by atoms with Crippen molar-refractivity contribution in [2.75, 3.05) is 45.1 Å². The fourth-order valence-corrected chi connectivity index (χ4v) is 2.08. The fourth-order valence-electron chi connectivity index (χ4n) is 2.08. The summed E-state index contributed by atoms with van der Waals surface area (Å²) in [6, 6.07) is 5.57. The van der Waals surface area contributed by atoms with Crippen molar-refractivity contribution in [1.29, 1.82) is 0 Å². The van der Waals surface area contributed by atoms with Crippen LogP contribution in [0.1, 0.15) is 23.8 Å². The molecule has 19 heavy (non-hydrogen) atoms. The molecule has 1 fully saturated rings. The lowest BCUT2D eigenvalue weighted by atomic mass is 10.2. The Balaban J connectivity index is 2.02. The maximum Gasteiger partial charge on any atom is 0.272 e. The van der Waals surface area contributed by atoms with Crippen LogP contribution in [-0.4, -0.2) is 60.5 Å². The average molecular weight is 262 g/mol. The number of pyridine rings is 1. The molecule has 0 aromatic carbocycles. The van der Waals surface area contributed by atoms with E-state index in [0.717, 1.165) is 45.0 Å². The molecule has 0 atom stereocenters. The van der Waals surface area contributed by atoms with Gasteiger partial charge < -0.3 is 15.1 Å². The van der Waals surface area contributed by atoms with E-state index in [1.165, 1.54) is 0 Å². The number of nitrogens with zero attached hydrogens (tertiary/aromatic N) is 3. The zero-order chi connectivity index (χ0) is 13.7. The summed E-state index contributed by atoms with van der Waals surface area (Å²) in [5, 5.41) is 3.21. The molecule has 2 rings (SSSR count). The first-order valence-electron chi connectivity index (χ1n) is 6.89. The minimum Gasteiger partial charge on any atom is -0.370 e. The van der Waals surface area contributed by atoms with E-state index < -0.39 is 0 Å². The molecule has 1 saturated heterocycles. The summed E-state index contributed by atoms with van der Waals surface area (Å²) in [6.07, 6.45) is 1.04. The zero-order valence-corrected chi connectivity index (χ0v) is 11.7. The molecule has 0 aliphatic carbocycles. The van der Waals surface area contributed by atoms with Crippen LogP contribution in [0.25, 0.3) is 0 Å². The molecule has 0 bridgehead atoms. The molecule has 5 heteroatoms. The number of carbonyl (C=O) groups is 1. The fraction of sp³-hybridized carbons (Fsp3) is 0.571. The quantitative estimate of drug-likeness (QED) is 0.888. The van der Waals surface area contributed by atoms with Crippen LogP contribution in [0.2, 0.25) is 0 Å².